The second-order valence-corrected chi connectivity index (χ2v) is 10.7. The third kappa shape index (κ3) is 6.81. The van der Waals surface area contributed by atoms with E-state index < -0.39 is 6.04 Å². The standard InChI is InChI=1S/C26H46N4O4/c1-17(2)22(15-19(5)25(33)30-14-10-11-20(30)16-31)29(7)26(34)23(18(3)4)27-24(32)21-12-8-9-13-28(21)6/h15,17-18,20-23,31H,8-14,16H2,1-7H3,(H,27,32)/b19-15+/t20-,21+,22+,23-/m0/s1. The predicted molar refractivity (Wildman–Crippen MR) is 134 cm³/mol. The van der Waals surface area contributed by atoms with Crippen LogP contribution in [0.2, 0.25) is 0 Å². The van der Waals surface area contributed by atoms with Crippen LogP contribution < -0.4 is 5.32 Å². The van der Waals surface area contributed by atoms with Gasteiger partial charge >= 0.3 is 0 Å². The molecule has 0 bridgehead atoms. The molecule has 2 aliphatic heterocycles. The number of hydrogen-bond donors (Lipinski definition) is 2. The van der Waals surface area contributed by atoms with E-state index in [1.54, 1.807) is 23.8 Å². The topological polar surface area (TPSA) is 93.2 Å². The molecule has 2 rings (SSSR count). The summed E-state index contributed by atoms with van der Waals surface area (Å²) in [6.07, 6.45) is 6.49. The molecule has 2 saturated heterocycles. The van der Waals surface area contributed by atoms with Crippen LogP contribution in [0.5, 0.6) is 0 Å². The summed E-state index contributed by atoms with van der Waals surface area (Å²) in [5.41, 5.74) is 0.577. The van der Waals surface area contributed by atoms with Crippen LogP contribution in [0.3, 0.4) is 0 Å². The van der Waals surface area contributed by atoms with Gasteiger partial charge in [-0.1, -0.05) is 40.2 Å². The van der Waals surface area contributed by atoms with E-state index >= 15 is 0 Å². The molecule has 8 heteroatoms. The van der Waals surface area contributed by atoms with Gasteiger partial charge in [-0.25, -0.2) is 0 Å². The zero-order chi connectivity index (χ0) is 25.6. The van der Waals surface area contributed by atoms with Gasteiger partial charge in [0.2, 0.25) is 17.7 Å². The minimum absolute atomic E-state index is 0.0308. The van der Waals surface area contributed by atoms with E-state index in [1.165, 1.54) is 0 Å². The largest absolute Gasteiger partial charge is 0.394 e. The Kier molecular flexibility index (Phi) is 10.6. The maximum absolute atomic E-state index is 13.6. The molecule has 0 aromatic rings. The van der Waals surface area contributed by atoms with Crippen LogP contribution in [0.1, 0.15) is 66.7 Å². The Morgan fingerprint density at radius 2 is 1.74 bits per heavy atom. The molecule has 0 aromatic heterocycles. The van der Waals surface area contributed by atoms with Crippen molar-refractivity contribution in [3.63, 3.8) is 0 Å². The van der Waals surface area contributed by atoms with E-state index in [2.05, 4.69) is 10.2 Å². The Balaban J connectivity index is 2.17. The van der Waals surface area contributed by atoms with Crippen LogP contribution in [0, 0.1) is 11.8 Å². The van der Waals surface area contributed by atoms with Crippen molar-refractivity contribution in [2.45, 2.75) is 90.9 Å². The minimum atomic E-state index is -0.629. The van der Waals surface area contributed by atoms with Crippen molar-refractivity contribution in [2.24, 2.45) is 11.8 Å². The fourth-order valence-corrected chi connectivity index (χ4v) is 5.13. The first-order chi connectivity index (χ1) is 16.0. The van der Waals surface area contributed by atoms with Gasteiger partial charge in [0.05, 0.1) is 24.7 Å². The Hall–Kier alpha value is -1.93. The number of likely N-dealkylation sites (tertiary alicyclic amines) is 2. The summed E-state index contributed by atoms with van der Waals surface area (Å²) < 4.78 is 0. The molecule has 8 nitrogen and oxygen atoms in total. The summed E-state index contributed by atoms with van der Waals surface area (Å²) in [5, 5.41) is 12.6. The molecule has 0 radical (unpaired) electrons. The molecule has 34 heavy (non-hydrogen) atoms. The summed E-state index contributed by atoms with van der Waals surface area (Å²) >= 11 is 0. The maximum Gasteiger partial charge on any atom is 0.249 e. The van der Waals surface area contributed by atoms with Crippen molar-refractivity contribution >= 4 is 17.7 Å². The molecule has 0 aliphatic carbocycles. The quantitative estimate of drug-likeness (QED) is 0.495. The second kappa shape index (κ2) is 12.7. The van der Waals surface area contributed by atoms with Crippen LogP contribution in [-0.2, 0) is 14.4 Å². The lowest BCUT2D eigenvalue weighted by molar-refractivity contribution is -0.139. The molecule has 0 saturated carbocycles. The lowest BCUT2D eigenvalue weighted by Gasteiger charge is -2.36. The van der Waals surface area contributed by atoms with Gasteiger partial charge in [0.15, 0.2) is 0 Å². The SMILES string of the molecule is C/C(=C\[C@H](C(C)C)N(C)C(=O)[C@@H](NC(=O)[C@H]1CCCCN1C)C(C)C)C(=O)N1CCC[C@H]1CO. The molecule has 0 aromatic carbocycles. The van der Waals surface area contributed by atoms with E-state index in [0.717, 1.165) is 38.6 Å². The van der Waals surface area contributed by atoms with Crippen LogP contribution in [0.4, 0.5) is 0 Å². The first kappa shape index (κ1) is 28.3. The van der Waals surface area contributed by atoms with Crippen LogP contribution in [0.25, 0.3) is 0 Å². The van der Waals surface area contributed by atoms with Crippen molar-refractivity contribution in [1.29, 1.82) is 0 Å². The van der Waals surface area contributed by atoms with E-state index in [1.807, 2.05) is 40.8 Å². The van der Waals surface area contributed by atoms with E-state index in [4.69, 9.17) is 0 Å². The molecular weight excluding hydrogens is 432 g/mol. The number of likely N-dealkylation sites (N-methyl/N-ethyl adjacent to an activating group) is 2. The summed E-state index contributed by atoms with van der Waals surface area (Å²) in [6.45, 7) is 11.2. The normalized spacial score (nSPS) is 23.8. The molecule has 0 unspecified atom stereocenters. The highest BCUT2D eigenvalue weighted by Gasteiger charge is 2.35. The van der Waals surface area contributed by atoms with Gasteiger partial charge in [0.1, 0.15) is 6.04 Å². The highest BCUT2D eigenvalue weighted by molar-refractivity contribution is 5.94. The molecule has 0 spiro atoms. The maximum atomic E-state index is 13.6. The van der Waals surface area contributed by atoms with E-state index in [9.17, 15) is 19.5 Å². The molecular formula is C26H46N4O4. The van der Waals surface area contributed by atoms with Crippen molar-refractivity contribution in [2.75, 3.05) is 33.8 Å². The summed E-state index contributed by atoms with van der Waals surface area (Å²) in [5.74, 6) is -0.308. The predicted octanol–water partition coefficient (Wildman–Crippen LogP) is 2.02. The van der Waals surface area contributed by atoms with Crippen LogP contribution in [-0.4, -0.2) is 95.5 Å². The van der Waals surface area contributed by atoms with Gasteiger partial charge in [-0.3, -0.25) is 19.3 Å². The van der Waals surface area contributed by atoms with Crippen LogP contribution >= 0.6 is 0 Å². The van der Waals surface area contributed by atoms with E-state index in [0.29, 0.717) is 12.1 Å². The van der Waals surface area contributed by atoms with Gasteiger partial charge in [0.25, 0.3) is 0 Å². The first-order valence-corrected chi connectivity index (χ1v) is 12.9. The highest BCUT2D eigenvalue weighted by atomic mass is 16.3. The molecule has 2 N–H and O–H groups in total. The Labute approximate surface area is 205 Å². The Morgan fingerprint density at radius 3 is 2.29 bits per heavy atom. The lowest BCUT2D eigenvalue weighted by Crippen LogP contribution is -2.57. The molecule has 2 fully saturated rings. The molecule has 4 atom stereocenters. The average Bonchev–Trinajstić information content (AvgIpc) is 3.28. The summed E-state index contributed by atoms with van der Waals surface area (Å²) in [7, 11) is 3.71. The van der Waals surface area contributed by atoms with Crippen molar-refractivity contribution in [1.82, 2.24) is 20.0 Å². The van der Waals surface area contributed by atoms with Gasteiger partial charge in [-0.05, 0) is 58.0 Å². The van der Waals surface area contributed by atoms with Gasteiger partial charge in [0, 0.05) is 19.2 Å². The monoisotopic (exact) mass is 478 g/mol. The fraction of sp³-hybridized carbons (Fsp3) is 0.808. The van der Waals surface area contributed by atoms with Crippen molar-refractivity contribution in [3.05, 3.63) is 11.6 Å². The third-order valence-corrected chi connectivity index (χ3v) is 7.39. The van der Waals surface area contributed by atoms with Crippen molar-refractivity contribution < 1.29 is 19.5 Å². The average molecular weight is 479 g/mol. The first-order valence-electron chi connectivity index (χ1n) is 12.9. The van der Waals surface area contributed by atoms with E-state index in [-0.39, 0.29) is 54.3 Å². The third-order valence-electron chi connectivity index (χ3n) is 7.39. The Morgan fingerprint density at radius 1 is 1.06 bits per heavy atom. The molecule has 194 valence electrons. The number of rotatable bonds is 9. The summed E-state index contributed by atoms with van der Waals surface area (Å²) in [4.78, 5) is 45.1. The number of piperidine rings is 1. The van der Waals surface area contributed by atoms with Gasteiger partial charge < -0.3 is 20.2 Å². The Bertz CT molecular complexity index is 751. The zero-order valence-corrected chi connectivity index (χ0v) is 22.2. The fourth-order valence-electron chi connectivity index (χ4n) is 5.13. The summed E-state index contributed by atoms with van der Waals surface area (Å²) in [6, 6.07) is -1.25. The molecule has 2 aliphatic rings. The molecule has 2 heterocycles. The number of carbonyl (C=O) groups is 3. The lowest BCUT2D eigenvalue weighted by atomic mass is 9.96. The highest BCUT2D eigenvalue weighted by Crippen LogP contribution is 2.22. The number of carbonyl (C=O) groups excluding carboxylic acids is 3. The minimum Gasteiger partial charge on any atom is -0.394 e. The number of aliphatic hydroxyl groups excluding tert-OH is 1. The number of nitrogens with zero attached hydrogens (tertiary/aromatic N) is 3. The smallest absolute Gasteiger partial charge is 0.249 e. The number of amides is 3. The molecule has 3 amide bonds. The zero-order valence-electron chi connectivity index (χ0n) is 22.2. The van der Waals surface area contributed by atoms with Gasteiger partial charge in [-0.2, -0.15) is 0 Å². The van der Waals surface area contributed by atoms with Gasteiger partial charge in [-0.15, -0.1) is 0 Å². The number of hydrogen-bond acceptors (Lipinski definition) is 5. The number of nitrogens with one attached hydrogen (secondary N) is 1. The van der Waals surface area contributed by atoms with Crippen LogP contribution in [0.15, 0.2) is 11.6 Å². The number of aliphatic hydroxyl groups is 1. The van der Waals surface area contributed by atoms with Crippen molar-refractivity contribution in [3.8, 4) is 0 Å². The second-order valence-electron chi connectivity index (χ2n) is 10.7.